The summed E-state index contributed by atoms with van der Waals surface area (Å²) < 4.78 is 2.07. The van der Waals surface area contributed by atoms with Crippen molar-refractivity contribution in [2.24, 2.45) is 0 Å². The zero-order chi connectivity index (χ0) is 29.8. The van der Waals surface area contributed by atoms with Crippen molar-refractivity contribution in [3.8, 4) is 34.0 Å². The lowest BCUT2D eigenvalue weighted by Gasteiger charge is -2.18. The van der Waals surface area contributed by atoms with E-state index in [4.69, 9.17) is 0 Å². The summed E-state index contributed by atoms with van der Waals surface area (Å²) in [6, 6.07) is 46.7. The van der Waals surface area contributed by atoms with Crippen LogP contribution < -0.4 is 4.90 Å². The highest BCUT2D eigenvalue weighted by atomic mass is 16.2. The molecule has 0 spiro atoms. The van der Waals surface area contributed by atoms with Gasteiger partial charge in [-0.1, -0.05) is 103 Å². The molecule has 8 rings (SSSR count). The summed E-state index contributed by atoms with van der Waals surface area (Å²) >= 11 is 0. The topological polar surface area (TPSA) is 66.1 Å². The highest BCUT2D eigenvalue weighted by Gasteiger charge is 2.40. The minimum Gasteiger partial charge on any atom is -0.308 e. The van der Waals surface area contributed by atoms with Gasteiger partial charge >= 0.3 is 0 Å². The predicted molar refractivity (Wildman–Crippen MR) is 174 cm³/mol. The fourth-order valence-corrected chi connectivity index (χ4v) is 6.52. The Morgan fingerprint density at radius 3 is 1.95 bits per heavy atom. The molecular weight excluding hydrogens is 542 g/mol. The molecule has 1 aliphatic rings. The van der Waals surface area contributed by atoms with E-state index in [1.54, 1.807) is 6.07 Å². The first-order chi connectivity index (χ1) is 21.7. The molecule has 1 aliphatic heterocycles. The normalized spacial score (nSPS) is 12.6. The van der Waals surface area contributed by atoms with Gasteiger partial charge in [-0.2, -0.15) is 5.26 Å². The molecule has 2 heterocycles. The third-order valence-corrected chi connectivity index (χ3v) is 8.40. The third kappa shape index (κ3) is 3.65. The molecule has 6 aromatic carbocycles. The second kappa shape index (κ2) is 9.94. The smallest absolute Gasteiger partial charge is 0.268 e. The van der Waals surface area contributed by atoms with Crippen molar-refractivity contribution < 1.29 is 9.59 Å². The molecule has 0 bridgehead atoms. The van der Waals surface area contributed by atoms with Crippen molar-refractivity contribution >= 4 is 39.3 Å². The van der Waals surface area contributed by atoms with E-state index in [9.17, 15) is 14.9 Å². The van der Waals surface area contributed by atoms with Gasteiger partial charge in [-0.05, 0) is 47.5 Å². The number of anilines is 1. The molecule has 44 heavy (non-hydrogen) atoms. The van der Waals surface area contributed by atoms with Crippen LogP contribution in [0.4, 0.5) is 5.69 Å². The Bertz CT molecular complexity index is 2340. The Morgan fingerprint density at radius 1 is 0.500 bits per heavy atom. The molecule has 0 saturated carbocycles. The number of imide groups is 1. The zero-order valence-electron chi connectivity index (χ0n) is 23.4. The van der Waals surface area contributed by atoms with E-state index in [0.29, 0.717) is 28.1 Å². The Kier molecular flexibility index (Phi) is 5.75. The summed E-state index contributed by atoms with van der Waals surface area (Å²) in [5.74, 6) is -0.708. The van der Waals surface area contributed by atoms with Crippen molar-refractivity contribution in [1.29, 1.82) is 5.26 Å². The average molecular weight is 566 g/mol. The van der Waals surface area contributed by atoms with Crippen LogP contribution in [-0.2, 0) is 0 Å². The number of hydrogen-bond donors (Lipinski definition) is 0. The van der Waals surface area contributed by atoms with Gasteiger partial charge in [0, 0.05) is 21.9 Å². The summed E-state index contributed by atoms with van der Waals surface area (Å²) in [6.45, 7) is 0. The largest absolute Gasteiger partial charge is 0.308 e. The second-order valence-electron chi connectivity index (χ2n) is 10.7. The lowest BCUT2D eigenvalue weighted by molar-refractivity contribution is 0.0926. The van der Waals surface area contributed by atoms with Crippen LogP contribution in [0.2, 0.25) is 0 Å². The molecule has 5 nitrogen and oxygen atoms in total. The standard InChI is InChI=1S/C39H23N3O2/c40-24-26-14-4-5-15-27(26)29-18-10-22-34-36(29)30-17-7-9-21-33(30)41(34)35-23-11-19-31-37(35)39(44)42(38(31)43)32-20-8-6-16-28(32)25-12-2-1-3-13-25/h1-23H. The Morgan fingerprint density at radius 2 is 1.11 bits per heavy atom. The molecule has 206 valence electrons. The number of nitriles is 1. The monoisotopic (exact) mass is 565 g/mol. The van der Waals surface area contributed by atoms with Crippen LogP contribution in [0, 0.1) is 11.3 Å². The predicted octanol–water partition coefficient (Wildman–Crippen LogP) is 8.79. The number of carbonyl (C=O) groups is 2. The number of hydrogen-bond acceptors (Lipinski definition) is 3. The lowest BCUT2D eigenvalue weighted by Crippen LogP contribution is -2.30. The van der Waals surface area contributed by atoms with Crippen molar-refractivity contribution in [3.63, 3.8) is 0 Å². The number of benzene rings is 6. The summed E-state index contributed by atoms with van der Waals surface area (Å²) in [4.78, 5) is 29.7. The summed E-state index contributed by atoms with van der Waals surface area (Å²) in [6.07, 6.45) is 0. The number of para-hydroxylation sites is 2. The molecular formula is C39H23N3O2. The van der Waals surface area contributed by atoms with Crippen LogP contribution in [0.25, 0.3) is 49.7 Å². The van der Waals surface area contributed by atoms with E-state index in [2.05, 4.69) is 16.7 Å². The van der Waals surface area contributed by atoms with Crippen LogP contribution in [0.3, 0.4) is 0 Å². The molecule has 0 atom stereocenters. The second-order valence-corrected chi connectivity index (χ2v) is 10.7. The maximum absolute atomic E-state index is 14.4. The Balaban J connectivity index is 1.37. The van der Waals surface area contributed by atoms with E-state index in [0.717, 1.165) is 44.1 Å². The Hall–Kier alpha value is -6.25. The van der Waals surface area contributed by atoms with Crippen LogP contribution in [0.15, 0.2) is 140 Å². The van der Waals surface area contributed by atoms with Crippen LogP contribution >= 0.6 is 0 Å². The number of carbonyl (C=O) groups excluding carboxylic acids is 2. The van der Waals surface area contributed by atoms with Crippen molar-refractivity contribution in [3.05, 3.63) is 156 Å². The first kappa shape index (κ1) is 25.5. The fourth-order valence-electron chi connectivity index (χ4n) is 6.52. The highest BCUT2D eigenvalue weighted by Crippen LogP contribution is 2.42. The first-order valence-electron chi connectivity index (χ1n) is 14.4. The molecule has 7 aromatic rings. The molecule has 0 N–H and O–H groups in total. The van der Waals surface area contributed by atoms with Crippen LogP contribution in [0.5, 0.6) is 0 Å². The quantitative estimate of drug-likeness (QED) is 0.200. The van der Waals surface area contributed by atoms with E-state index in [1.807, 2.05) is 127 Å². The van der Waals surface area contributed by atoms with E-state index >= 15 is 0 Å². The Labute approximate surface area is 253 Å². The molecule has 0 unspecified atom stereocenters. The zero-order valence-corrected chi connectivity index (χ0v) is 23.4. The maximum atomic E-state index is 14.4. The van der Waals surface area contributed by atoms with Gasteiger partial charge in [0.05, 0.1) is 45.2 Å². The summed E-state index contributed by atoms with van der Waals surface area (Å²) in [7, 11) is 0. The lowest BCUT2D eigenvalue weighted by atomic mass is 9.96. The number of fused-ring (bicyclic) bond motifs is 4. The van der Waals surface area contributed by atoms with Gasteiger partial charge in [0.15, 0.2) is 0 Å². The molecule has 2 amide bonds. The average Bonchev–Trinajstić information content (AvgIpc) is 3.56. The van der Waals surface area contributed by atoms with Gasteiger partial charge in [0.25, 0.3) is 11.8 Å². The van der Waals surface area contributed by atoms with Crippen molar-refractivity contribution in [2.75, 3.05) is 4.90 Å². The number of rotatable bonds is 4. The third-order valence-electron chi connectivity index (χ3n) is 8.40. The van der Waals surface area contributed by atoms with Crippen molar-refractivity contribution in [2.45, 2.75) is 0 Å². The molecule has 1 aromatic heterocycles. The van der Waals surface area contributed by atoms with Gasteiger partial charge in [0.2, 0.25) is 0 Å². The van der Waals surface area contributed by atoms with E-state index in [1.165, 1.54) is 4.90 Å². The molecule has 0 saturated heterocycles. The highest BCUT2D eigenvalue weighted by molar-refractivity contribution is 6.36. The first-order valence-corrected chi connectivity index (χ1v) is 14.4. The van der Waals surface area contributed by atoms with Gasteiger partial charge in [-0.3, -0.25) is 9.59 Å². The molecule has 0 fully saturated rings. The minimum absolute atomic E-state index is 0.348. The maximum Gasteiger partial charge on any atom is 0.268 e. The number of amides is 2. The molecule has 5 heteroatoms. The number of nitrogens with zero attached hydrogens (tertiary/aromatic N) is 3. The van der Waals surface area contributed by atoms with Gasteiger partial charge < -0.3 is 4.57 Å². The summed E-state index contributed by atoms with van der Waals surface area (Å²) in [5.41, 5.74) is 7.80. The van der Waals surface area contributed by atoms with Crippen LogP contribution in [0.1, 0.15) is 26.3 Å². The van der Waals surface area contributed by atoms with Gasteiger partial charge in [-0.15, -0.1) is 0 Å². The SMILES string of the molecule is N#Cc1ccccc1-c1cccc2c1c1ccccc1n2-c1cccc2c1C(=O)N(c1ccccc1-c1ccccc1)C2=O. The van der Waals surface area contributed by atoms with Gasteiger partial charge in [-0.25, -0.2) is 4.90 Å². The number of aromatic nitrogens is 1. The van der Waals surface area contributed by atoms with Crippen molar-refractivity contribution in [1.82, 2.24) is 4.57 Å². The van der Waals surface area contributed by atoms with Crippen LogP contribution in [-0.4, -0.2) is 16.4 Å². The minimum atomic E-state index is -0.360. The van der Waals surface area contributed by atoms with E-state index < -0.39 is 0 Å². The van der Waals surface area contributed by atoms with E-state index in [-0.39, 0.29) is 11.8 Å². The molecule has 0 aliphatic carbocycles. The fraction of sp³-hybridized carbons (Fsp3) is 0. The summed E-state index contributed by atoms with van der Waals surface area (Å²) in [5, 5.41) is 11.9. The molecule has 0 radical (unpaired) electrons. The van der Waals surface area contributed by atoms with Gasteiger partial charge in [0.1, 0.15) is 0 Å².